The largest absolute Gasteiger partial charge is 0.396 e. The fourth-order valence-electron chi connectivity index (χ4n) is 9.57. The van der Waals surface area contributed by atoms with E-state index in [2.05, 4.69) is 11.4 Å². The lowest BCUT2D eigenvalue weighted by atomic mass is 9.44. The average molecular weight is 678 g/mol. The minimum atomic E-state index is -1.83. The van der Waals surface area contributed by atoms with Crippen LogP contribution >= 0.6 is 11.6 Å². The number of hydrogen-bond acceptors (Lipinski definition) is 4. The number of hydrogen-bond donors (Lipinski definition) is 2. The first-order chi connectivity index (χ1) is 24.4. The highest BCUT2D eigenvalue weighted by molar-refractivity contribution is 6.31. The van der Waals surface area contributed by atoms with Crippen LogP contribution in [0.3, 0.4) is 0 Å². The molecule has 8 rings (SSSR count). The molecule has 50 heavy (non-hydrogen) atoms. The van der Waals surface area contributed by atoms with E-state index in [0.29, 0.717) is 35.5 Å². The molecule has 2 N–H and O–H groups in total. The third-order valence-electron chi connectivity index (χ3n) is 11.6. The van der Waals surface area contributed by atoms with E-state index in [4.69, 9.17) is 11.6 Å². The molecule has 5 aromatic carbocycles. The van der Waals surface area contributed by atoms with E-state index in [1.54, 1.807) is 17.0 Å². The van der Waals surface area contributed by atoms with Gasteiger partial charge in [-0.05, 0) is 71.2 Å². The Hall–Kier alpha value is -5.22. The maximum Gasteiger partial charge on any atom is 0.242 e. The van der Waals surface area contributed by atoms with Gasteiger partial charge in [0.25, 0.3) is 0 Å². The van der Waals surface area contributed by atoms with Gasteiger partial charge in [-0.1, -0.05) is 133 Å². The molecule has 248 valence electrons. The maximum atomic E-state index is 16.3. The van der Waals surface area contributed by atoms with Crippen LogP contribution in [0.5, 0.6) is 0 Å². The van der Waals surface area contributed by atoms with E-state index < -0.39 is 40.0 Å². The Morgan fingerprint density at radius 2 is 1.34 bits per heavy atom. The number of piperidine rings is 1. The molecular weight excluding hydrogens is 642 g/mol. The highest BCUT2D eigenvalue weighted by atomic mass is 35.5. The van der Waals surface area contributed by atoms with E-state index in [-0.39, 0.29) is 12.6 Å². The van der Waals surface area contributed by atoms with E-state index in [1.807, 2.05) is 127 Å². The summed E-state index contributed by atoms with van der Waals surface area (Å²) in [5, 5.41) is 26.3. The Balaban J connectivity index is 1.45. The summed E-state index contributed by atoms with van der Waals surface area (Å²) in [6, 6.07) is 46.9. The summed E-state index contributed by atoms with van der Waals surface area (Å²) in [5.41, 5.74) is -0.290. The van der Waals surface area contributed by atoms with Crippen LogP contribution in [-0.2, 0) is 20.5 Å². The van der Waals surface area contributed by atoms with Crippen LogP contribution < -0.4 is 10.2 Å². The first-order valence-corrected chi connectivity index (χ1v) is 17.5. The van der Waals surface area contributed by atoms with Crippen molar-refractivity contribution in [1.29, 1.82) is 5.26 Å². The quantitative estimate of drug-likeness (QED) is 0.180. The molecule has 0 unspecified atom stereocenters. The third-order valence-corrected chi connectivity index (χ3v) is 11.8. The van der Waals surface area contributed by atoms with Crippen molar-refractivity contribution in [3.05, 3.63) is 172 Å². The molecule has 3 aliphatic rings. The summed E-state index contributed by atoms with van der Waals surface area (Å²) in [7, 11) is 0. The molecule has 1 spiro atoms. The number of fused-ring (bicyclic) bond motifs is 4. The van der Waals surface area contributed by atoms with E-state index in [1.165, 1.54) is 0 Å². The van der Waals surface area contributed by atoms with Crippen molar-refractivity contribution in [3.63, 3.8) is 0 Å². The number of nitrogens with one attached hydrogen (secondary N) is 1. The van der Waals surface area contributed by atoms with E-state index in [9.17, 15) is 15.2 Å². The number of carbonyl (C=O) groups excluding carboxylic acids is 2. The minimum absolute atomic E-state index is 0.318. The minimum Gasteiger partial charge on any atom is -0.396 e. The molecule has 5 aromatic rings. The summed E-state index contributed by atoms with van der Waals surface area (Å²) in [6.07, 6.45) is 1.45. The Morgan fingerprint density at radius 1 is 0.800 bits per heavy atom. The van der Waals surface area contributed by atoms with Crippen LogP contribution in [0.25, 0.3) is 0 Å². The Labute approximate surface area is 297 Å². The Morgan fingerprint density at radius 3 is 1.86 bits per heavy atom. The summed E-state index contributed by atoms with van der Waals surface area (Å²) in [6.45, 7) is -0.383. The van der Waals surface area contributed by atoms with Gasteiger partial charge in [-0.3, -0.25) is 14.5 Å². The van der Waals surface area contributed by atoms with Crippen molar-refractivity contribution in [2.24, 2.45) is 17.3 Å². The summed E-state index contributed by atoms with van der Waals surface area (Å²) in [5.74, 6) is -2.09. The topological polar surface area (TPSA) is 93.4 Å². The molecule has 2 aliphatic heterocycles. The molecule has 5 atom stereocenters. The molecule has 2 amide bonds. The number of aliphatic hydroxyl groups excluding tert-OH is 1. The van der Waals surface area contributed by atoms with Crippen LogP contribution in [0, 0.1) is 28.6 Å². The molecule has 0 radical (unpaired) electrons. The molecule has 1 aliphatic carbocycles. The SMILES string of the molecule is N#C[C@]12C(=O)N[C@H](c3ccccc3)C[C@@H]1CC[C@@H](CO)[C@]21C(=O)N(C(c2ccccc2)(c2ccccc2)c2ccccc2)c2ccc(Cl)cc21. The number of carbonyl (C=O) groups is 2. The van der Waals surface area contributed by atoms with Gasteiger partial charge in [0.05, 0.1) is 12.1 Å². The van der Waals surface area contributed by atoms with Crippen LogP contribution in [-0.4, -0.2) is 23.5 Å². The van der Waals surface area contributed by atoms with Crippen LogP contribution in [0.1, 0.15) is 53.1 Å². The standard InChI is InChI=1S/C43H36ClN3O3/c44-35-23-24-38-36(26-35)42(34(27-48)22-21-33-25-37(29-13-5-1-6-14-29)46-39(49)41(33,42)28-45)40(50)47(38)43(30-15-7-2-8-16-30,31-17-9-3-10-18-31)32-19-11-4-12-20-32/h1-20,23-24,26,33-34,37,48H,21-22,25,27H2,(H,46,49)/t33-,34-,37-,41+,42-/m0/s1. The monoisotopic (exact) mass is 677 g/mol. The van der Waals surface area contributed by atoms with Crippen molar-refractivity contribution < 1.29 is 14.7 Å². The summed E-state index contributed by atoms with van der Waals surface area (Å²) >= 11 is 6.80. The second-order valence-electron chi connectivity index (χ2n) is 13.7. The number of aliphatic hydroxyl groups is 1. The zero-order valence-corrected chi connectivity index (χ0v) is 28.1. The Kier molecular flexibility index (Phi) is 7.86. The average Bonchev–Trinajstić information content (AvgIpc) is 3.41. The first kappa shape index (κ1) is 32.0. The molecule has 0 aromatic heterocycles. The normalized spacial score (nSPS) is 25.8. The number of amides is 2. The van der Waals surface area contributed by atoms with Crippen molar-refractivity contribution in [2.45, 2.75) is 36.3 Å². The molecule has 2 heterocycles. The molecule has 6 nitrogen and oxygen atoms in total. The Bertz CT molecular complexity index is 2010. The highest BCUT2D eigenvalue weighted by Gasteiger charge is 2.76. The van der Waals surface area contributed by atoms with Gasteiger partial charge in [0, 0.05) is 23.2 Å². The molecule has 1 saturated carbocycles. The molecule has 1 saturated heterocycles. The molecule has 0 bridgehead atoms. The second-order valence-corrected chi connectivity index (χ2v) is 14.1. The van der Waals surface area contributed by atoms with Crippen LogP contribution in [0.2, 0.25) is 5.02 Å². The molecule has 7 heteroatoms. The molecular formula is C43H36ClN3O3. The number of nitrogens with zero attached hydrogens (tertiary/aromatic N) is 2. The lowest BCUT2D eigenvalue weighted by Gasteiger charge is -2.57. The third kappa shape index (κ3) is 4.24. The lowest BCUT2D eigenvalue weighted by molar-refractivity contribution is -0.157. The van der Waals surface area contributed by atoms with Gasteiger partial charge in [0.1, 0.15) is 11.0 Å². The lowest BCUT2D eigenvalue weighted by Crippen LogP contribution is -2.70. The van der Waals surface area contributed by atoms with Crippen molar-refractivity contribution >= 4 is 29.1 Å². The van der Waals surface area contributed by atoms with Gasteiger partial charge >= 0.3 is 0 Å². The maximum absolute atomic E-state index is 16.3. The van der Waals surface area contributed by atoms with E-state index in [0.717, 1.165) is 22.3 Å². The van der Waals surface area contributed by atoms with Gasteiger partial charge in [-0.15, -0.1) is 0 Å². The van der Waals surface area contributed by atoms with Crippen molar-refractivity contribution in [2.75, 3.05) is 11.5 Å². The van der Waals surface area contributed by atoms with Crippen molar-refractivity contribution in [1.82, 2.24) is 5.32 Å². The number of benzene rings is 5. The molecule has 2 fully saturated rings. The van der Waals surface area contributed by atoms with Gasteiger partial charge in [0.2, 0.25) is 11.8 Å². The predicted molar refractivity (Wildman–Crippen MR) is 193 cm³/mol. The van der Waals surface area contributed by atoms with Crippen LogP contribution in [0.4, 0.5) is 5.69 Å². The first-order valence-electron chi connectivity index (χ1n) is 17.1. The number of anilines is 1. The van der Waals surface area contributed by atoms with Crippen LogP contribution in [0.15, 0.2) is 140 Å². The fourth-order valence-corrected chi connectivity index (χ4v) is 9.74. The number of nitriles is 1. The van der Waals surface area contributed by atoms with Gasteiger partial charge in [-0.2, -0.15) is 5.26 Å². The smallest absolute Gasteiger partial charge is 0.242 e. The number of halogens is 1. The van der Waals surface area contributed by atoms with Crippen molar-refractivity contribution in [3.8, 4) is 6.07 Å². The van der Waals surface area contributed by atoms with Gasteiger partial charge in [-0.25, -0.2) is 0 Å². The van der Waals surface area contributed by atoms with E-state index >= 15 is 4.79 Å². The zero-order valence-electron chi connectivity index (χ0n) is 27.4. The number of rotatable bonds is 6. The predicted octanol–water partition coefficient (Wildman–Crippen LogP) is 7.71. The zero-order chi connectivity index (χ0) is 34.5. The summed E-state index contributed by atoms with van der Waals surface area (Å²) in [4.78, 5) is 33.1. The van der Waals surface area contributed by atoms with Gasteiger partial charge < -0.3 is 10.4 Å². The summed E-state index contributed by atoms with van der Waals surface area (Å²) < 4.78 is 0. The fraction of sp³-hybridized carbons (Fsp3) is 0.233. The second kappa shape index (κ2) is 12.3. The van der Waals surface area contributed by atoms with Gasteiger partial charge in [0.15, 0.2) is 5.41 Å². The highest BCUT2D eigenvalue weighted by Crippen LogP contribution is 2.67.